The molecule has 1 aromatic carbocycles. The van der Waals surface area contributed by atoms with Crippen molar-refractivity contribution in [2.24, 2.45) is 11.8 Å². The quantitative estimate of drug-likeness (QED) is 0.462. The predicted octanol–water partition coefficient (Wildman–Crippen LogP) is 5.84. The summed E-state index contributed by atoms with van der Waals surface area (Å²) in [5, 5.41) is 7.66. The number of rotatable bonds is 10. The van der Waals surface area contributed by atoms with E-state index in [1.165, 1.54) is 77.3 Å². The molecule has 1 unspecified atom stereocenters. The maximum absolute atomic E-state index is 13.0. The lowest BCUT2D eigenvalue weighted by Gasteiger charge is -2.39. The van der Waals surface area contributed by atoms with Gasteiger partial charge in [-0.05, 0) is 80.8 Å². The molecule has 180 valence electrons. The van der Waals surface area contributed by atoms with Gasteiger partial charge in [0.2, 0.25) is 0 Å². The first kappa shape index (κ1) is 24.0. The van der Waals surface area contributed by atoms with E-state index in [1.807, 2.05) is 41.2 Å². The van der Waals surface area contributed by atoms with Crippen molar-refractivity contribution in [3.8, 4) is 5.69 Å². The van der Waals surface area contributed by atoms with Gasteiger partial charge in [0.1, 0.15) is 0 Å². The van der Waals surface area contributed by atoms with E-state index in [4.69, 9.17) is 0 Å². The molecule has 1 amide bonds. The first-order chi connectivity index (χ1) is 16.2. The van der Waals surface area contributed by atoms with Crippen LogP contribution in [0.3, 0.4) is 0 Å². The molecule has 1 saturated carbocycles. The number of carbonyl (C=O) groups excluding carboxylic acids is 1. The lowest BCUT2D eigenvalue weighted by Crippen LogP contribution is -2.48. The Morgan fingerprint density at radius 2 is 1.91 bits per heavy atom. The lowest BCUT2D eigenvalue weighted by molar-refractivity contribution is 0.0853. The molecule has 1 aromatic heterocycles. The molecule has 5 nitrogen and oxygen atoms in total. The Balaban J connectivity index is 1.29. The van der Waals surface area contributed by atoms with E-state index in [0.717, 1.165) is 30.1 Å². The fraction of sp³-hybridized carbons (Fsp3) is 0.643. The minimum Gasteiger partial charge on any atom is -0.349 e. The number of nitrogens with one attached hydrogen (secondary N) is 1. The van der Waals surface area contributed by atoms with Crippen molar-refractivity contribution in [3.63, 3.8) is 0 Å². The van der Waals surface area contributed by atoms with Gasteiger partial charge in [0, 0.05) is 37.1 Å². The molecule has 0 spiro atoms. The van der Waals surface area contributed by atoms with Gasteiger partial charge in [0.15, 0.2) is 0 Å². The van der Waals surface area contributed by atoms with E-state index in [2.05, 4.69) is 22.2 Å². The molecule has 0 bridgehead atoms. The standard InChI is InChI=1S/C28H42N4O/c1-2-3-4-5-10-23-11-8-19-31(21-23)22-25-12-6-7-13-27(25)30-28(33)24-14-16-26(17-15-24)32-20-9-18-29-32/h9,14-18,20,23,25,27H,2-8,10-13,19,21-22H2,1H3,(H,30,33)/t23?,25-,27+/m0/s1. The van der Waals surface area contributed by atoms with Crippen LogP contribution >= 0.6 is 0 Å². The largest absolute Gasteiger partial charge is 0.349 e. The molecule has 1 aliphatic heterocycles. The third kappa shape index (κ3) is 6.92. The summed E-state index contributed by atoms with van der Waals surface area (Å²) in [7, 11) is 0. The Labute approximate surface area is 199 Å². The summed E-state index contributed by atoms with van der Waals surface area (Å²) in [5.41, 5.74) is 1.71. The van der Waals surface area contributed by atoms with Gasteiger partial charge in [-0.2, -0.15) is 5.10 Å². The summed E-state index contributed by atoms with van der Waals surface area (Å²) in [6, 6.07) is 9.96. The summed E-state index contributed by atoms with van der Waals surface area (Å²) < 4.78 is 1.81. The minimum absolute atomic E-state index is 0.0614. The van der Waals surface area contributed by atoms with Crippen LogP contribution in [0.2, 0.25) is 0 Å². The van der Waals surface area contributed by atoms with E-state index in [-0.39, 0.29) is 5.91 Å². The average Bonchev–Trinajstić information content (AvgIpc) is 3.39. The first-order valence-corrected chi connectivity index (χ1v) is 13.4. The minimum atomic E-state index is 0.0614. The SMILES string of the molecule is CCCCCCC1CCCN(C[C@@H]2CCCC[C@H]2NC(=O)c2ccc(-n3cccn3)cc2)C1. The second-order valence-electron chi connectivity index (χ2n) is 10.2. The van der Waals surface area contributed by atoms with Gasteiger partial charge >= 0.3 is 0 Å². The van der Waals surface area contributed by atoms with Crippen molar-refractivity contribution < 1.29 is 4.79 Å². The van der Waals surface area contributed by atoms with Crippen LogP contribution in [-0.4, -0.2) is 46.3 Å². The Morgan fingerprint density at radius 3 is 2.70 bits per heavy atom. The first-order valence-electron chi connectivity index (χ1n) is 13.4. The van der Waals surface area contributed by atoms with E-state index >= 15 is 0 Å². The van der Waals surface area contributed by atoms with Crippen LogP contribution in [0, 0.1) is 11.8 Å². The number of hydrogen-bond donors (Lipinski definition) is 1. The number of benzene rings is 1. The predicted molar refractivity (Wildman–Crippen MR) is 135 cm³/mol. The monoisotopic (exact) mass is 450 g/mol. The smallest absolute Gasteiger partial charge is 0.251 e. The number of likely N-dealkylation sites (tertiary alicyclic amines) is 1. The lowest BCUT2D eigenvalue weighted by atomic mass is 9.83. The second-order valence-corrected chi connectivity index (χ2v) is 10.2. The van der Waals surface area contributed by atoms with E-state index < -0.39 is 0 Å². The summed E-state index contributed by atoms with van der Waals surface area (Å²) >= 11 is 0. The molecule has 2 heterocycles. The van der Waals surface area contributed by atoms with E-state index in [9.17, 15) is 4.79 Å². The highest BCUT2D eigenvalue weighted by Crippen LogP contribution is 2.29. The summed E-state index contributed by atoms with van der Waals surface area (Å²) in [4.78, 5) is 15.7. The zero-order valence-electron chi connectivity index (χ0n) is 20.4. The highest BCUT2D eigenvalue weighted by molar-refractivity contribution is 5.94. The summed E-state index contributed by atoms with van der Waals surface area (Å²) in [6.07, 6.45) is 18.2. The highest BCUT2D eigenvalue weighted by Gasteiger charge is 2.30. The normalized spacial score (nSPS) is 24.0. The molecule has 1 saturated heterocycles. The molecule has 2 fully saturated rings. The fourth-order valence-corrected chi connectivity index (χ4v) is 5.80. The fourth-order valence-electron chi connectivity index (χ4n) is 5.80. The van der Waals surface area contributed by atoms with Crippen molar-refractivity contribution in [3.05, 3.63) is 48.3 Å². The van der Waals surface area contributed by atoms with Gasteiger partial charge in [-0.1, -0.05) is 45.4 Å². The summed E-state index contributed by atoms with van der Waals surface area (Å²) in [6.45, 7) is 5.93. The Bertz CT molecular complexity index is 832. The van der Waals surface area contributed by atoms with Crippen LogP contribution in [-0.2, 0) is 0 Å². The maximum Gasteiger partial charge on any atom is 0.251 e. The Kier molecular flexibility index (Phi) is 8.99. The highest BCUT2D eigenvalue weighted by atomic mass is 16.1. The van der Waals surface area contributed by atoms with Crippen LogP contribution < -0.4 is 5.32 Å². The van der Waals surface area contributed by atoms with Crippen molar-refractivity contribution in [1.82, 2.24) is 20.0 Å². The van der Waals surface area contributed by atoms with Crippen LogP contribution in [0.5, 0.6) is 0 Å². The van der Waals surface area contributed by atoms with Gasteiger partial charge in [-0.25, -0.2) is 4.68 Å². The molecular weight excluding hydrogens is 408 g/mol. The molecule has 2 aromatic rings. The Morgan fingerprint density at radius 1 is 1.06 bits per heavy atom. The summed E-state index contributed by atoms with van der Waals surface area (Å²) in [5.74, 6) is 1.51. The molecule has 5 heteroatoms. The molecule has 3 atom stereocenters. The molecule has 4 rings (SSSR count). The van der Waals surface area contributed by atoms with Crippen molar-refractivity contribution >= 4 is 5.91 Å². The maximum atomic E-state index is 13.0. The van der Waals surface area contributed by atoms with E-state index in [0.29, 0.717) is 12.0 Å². The average molecular weight is 451 g/mol. The molecule has 1 N–H and O–H groups in total. The van der Waals surface area contributed by atoms with E-state index in [1.54, 1.807) is 6.20 Å². The number of nitrogens with zero attached hydrogens (tertiary/aromatic N) is 3. The number of unbranched alkanes of at least 4 members (excludes halogenated alkanes) is 3. The molecule has 1 aliphatic carbocycles. The third-order valence-electron chi connectivity index (χ3n) is 7.69. The second kappa shape index (κ2) is 12.4. The number of amides is 1. The van der Waals surface area contributed by atoms with Gasteiger partial charge in [0.05, 0.1) is 5.69 Å². The molecular formula is C28H42N4O. The van der Waals surface area contributed by atoms with Crippen LogP contribution in [0.4, 0.5) is 0 Å². The van der Waals surface area contributed by atoms with Crippen LogP contribution in [0.15, 0.2) is 42.7 Å². The molecule has 2 aliphatic rings. The zero-order chi connectivity index (χ0) is 22.9. The zero-order valence-corrected chi connectivity index (χ0v) is 20.4. The van der Waals surface area contributed by atoms with Gasteiger partial charge in [-0.3, -0.25) is 4.79 Å². The van der Waals surface area contributed by atoms with Crippen molar-refractivity contribution in [1.29, 1.82) is 0 Å². The number of piperidine rings is 1. The van der Waals surface area contributed by atoms with Gasteiger partial charge < -0.3 is 10.2 Å². The van der Waals surface area contributed by atoms with Crippen LogP contribution in [0.1, 0.15) is 87.9 Å². The topological polar surface area (TPSA) is 50.2 Å². The number of carbonyl (C=O) groups is 1. The number of aromatic nitrogens is 2. The molecule has 33 heavy (non-hydrogen) atoms. The van der Waals surface area contributed by atoms with Gasteiger partial charge in [-0.15, -0.1) is 0 Å². The van der Waals surface area contributed by atoms with Crippen molar-refractivity contribution in [2.75, 3.05) is 19.6 Å². The molecule has 0 radical (unpaired) electrons. The number of hydrogen-bond acceptors (Lipinski definition) is 3. The van der Waals surface area contributed by atoms with Crippen molar-refractivity contribution in [2.45, 2.75) is 83.6 Å². The Hall–Kier alpha value is -2.14. The van der Waals surface area contributed by atoms with Gasteiger partial charge in [0.25, 0.3) is 5.91 Å². The third-order valence-corrected chi connectivity index (χ3v) is 7.69. The van der Waals surface area contributed by atoms with Crippen LogP contribution in [0.25, 0.3) is 5.69 Å².